The van der Waals surface area contributed by atoms with Crippen molar-refractivity contribution in [3.63, 3.8) is 0 Å². The van der Waals surface area contributed by atoms with Crippen molar-refractivity contribution < 1.29 is 0 Å². The van der Waals surface area contributed by atoms with E-state index in [1.807, 2.05) is 0 Å². The third kappa shape index (κ3) is 1.68. The van der Waals surface area contributed by atoms with Gasteiger partial charge in [-0.2, -0.15) is 0 Å². The van der Waals surface area contributed by atoms with Gasteiger partial charge < -0.3 is 10.3 Å². The molecular formula is C13H18N4. The molecule has 1 aliphatic rings. The first-order valence-electron chi connectivity index (χ1n) is 6.24. The third-order valence-corrected chi connectivity index (χ3v) is 3.89. The van der Waals surface area contributed by atoms with Crippen LogP contribution in [0.2, 0.25) is 0 Å². The second-order valence-electron chi connectivity index (χ2n) is 5.05. The number of aryl methyl sites for hydroxylation is 2. The maximum atomic E-state index is 5.94. The van der Waals surface area contributed by atoms with Crippen LogP contribution in [0, 0.1) is 19.8 Å². The van der Waals surface area contributed by atoms with Crippen LogP contribution in [0.1, 0.15) is 30.5 Å². The van der Waals surface area contributed by atoms with Crippen molar-refractivity contribution in [2.24, 2.45) is 5.92 Å². The van der Waals surface area contributed by atoms with Gasteiger partial charge in [0.25, 0.3) is 0 Å². The molecule has 0 unspecified atom stereocenters. The largest absolute Gasteiger partial charge is 0.383 e. The second-order valence-corrected chi connectivity index (χ2v) is 5.05. The Balaban J connectivity index is 2.08. The second kappa shape index (κ2) is 3.72. The maximum absolute atomic E-state index is 5.94. The Morgan fingerprint density at radius 1 is 1.35 bits per heavy atom. The summed E-state index contributed by atoms with van der Waals surface area (Å²) in [5, 5.41) is 1.03. The molecule has 1 fully saturated rings. The lowest BCUT2D eigenvalue weighted by Gasteiger charge is -2.06. The van der Waals surface area contributed by atoms with Crippen LogP contribution >= 0.6 is 0 Å². The summed E-state index contributed by atoms with van der Waals surface area (Å²) in [5.74, 6) is 1.53. The molecule has 4 heteroatoms. The normalized spacial score (nSPS) is 15.6. The molecule has 0 aliphatic heterocycles. The first-order chi connectivity index (χ1) is 8.18. The van der Waals surface area contributed by atoms with E-state index in [1.165, 1.54) is 30.5 Å². The lowest BCUT2D eigenvalue weighted by molar-refractivity contribution is 0.597. The number of hydrogen-bond acceptors (Lipinski definition) is 3. The Bertz CT molecular complexity index is 566. The van der Waals surface area contributed by atoms with Gasteiger partial charge in [0.15, 0.2) is 0 Å². The quantitative estimate of drug-likeness (QED) is 0.881. The summed E-state index contributed by atoms with van der Waals surface area (Å²) in [7, 11) is 0. The minimum absolute atomic E-state index is 0.598. The SMILES string of the molecule is Cc1c(C)n(CCC2CC2)c2ncnc(N)c12. The van der Waals surface area contributed by atoms with Crippen molar-refractivity contribution in [2.75, 3.05) is 5.73 Å². The van der Waals surface area contributed by atoms with Crippen molar-refractivity contribution >= 4 is 16.9 Å². The van der Waals surface area contributed by atoms with Crippen LogP contribution in [0.3, 0.4) is 0 Å². The van der Waals surface area contributed by atoms with E-state index in [4.69, 9.17) is 5.73 Å². The molecule has 90 valence electrons. The van der Waals surface area contributed by atoms with Gasteiger partial charge in [-0.15, -0.1) is 0 Å². The Hall–Kier alpha value is -1.58. The number of anilines is 1. The molecule has 3 rings (SSSR count). The van der Waals surface area contributed by atoms with Crippen LogP contribution in [0.4, 0.5) is 5.82 Å². The van der Waals surface area contributed by atoms with Crippen LogP contribution in [0.5, 0.6) is 0 Å². The fourth-order valence-electron chi connectivity index (χ4n) is 2.49. The first-order valence-corrected chi connectivity index (χ1v) is 6.24. The molecule has 0 bridgehead atoms. The monoisotopic (exact) mass is 230 g/mol. The molecule has 0 amide bonds. The van der Waals surface area contributed by atoms with Crippen LogP contribution in [-0.4, -0.2) is 14.5 Å². The molecule has 0 saturated heterocycles. The summed E-state index contributed by atoms with van der Waals surface area (Å²) < 4.78 is 2.29. The van der Waals surface area contributed by atoms with Crippen molar-refractivity contribution in [1.82, 2.24) is 14.5 Å². The molecule has 2 aromatic rings. The van der Waals surface area contributed by atoms with Crippen LogP contribution < -0.4 is 5.73 Å². The Labute approximate surface area is 101 Å². The van der Waals surface area contributed by atoms with Gasteiger partial charge in [0.1, 0.15) is 17.8 Å². The number of hydrogen-bond donors (Lipinski definition) is 1. The van der Waals surface area contributed by atoms with E-state index >= 15 is 0 Å². The van der Waals surface area contributed by atoms with Gasteiger partial charge in [0, 0.05) is 12.2 Å². The highest BCUT2D eigenvalue weighted by molar-refractivity contribution is 5.90. The van der Waals surface area contributed by atoms with E-state index in [1.54, 1.807) is 6.33 Å². The fraction of sp³-hybridized carbons (Fsp3) is 0.538. The molecule has 17 heavy (non-hydrogen) atoms. The Morgan fingerprint density at radius 3 is 2.82 bits per heavy atom. The van der Waals surface area contributed by atoms with Gasteiger partial charge in [-0.1, -0.05) is 12.8 Å². The van der Waals surface area contributed by atoms with E-state index in [2.05, 4.69) is 28.4 Å². The van der Waals surface area contributed by atoms with Crippen molar-refractivity contribution in [1.29, 1.82) is 0 Å². The van der Waals surface area contributed by atoms with Crippen LogP contribution in [0.15, 0.2) is 6.33 Å². The number of fused-ring (bicyclic) bond motifs is 1. The van der Waals surface area contributed by atoms with Crippen molar-refractivity contribution in [3.05, 3.63) is 17.6 Å². The predicted octanol–water partition coefficient (Wildman–Crippen LogP) is 2.43. The zero-order chi connectivity index (χ0) is 12.0. The van der Waals surface area contributed by atoms with Gasteiger partial charge in [-0.25, -0.2) is 9.97 Å². The van der Waals surface area contributed by atoms with Gasteiger partial charge in [0.05, 0.1) is 5.39 Å². The molecule has 2 heterocycles. The number of nitrogens with zero attached hydrogens (tertiary/aromatic N) is 3. The molecule has 0 atom stereocenters. The van der Waals surface area contributed by atoms with Gasteiger partial charge in [0.2, 0.25) is 0 Å². The average Bonchev–Trinajstić information content (AvgIpc) is 3.09. The summed E-state index contributed by atoms with van der Waals surface area (Å²) >= 11 is 0. The summed E-state index contributed by atoms with van der Waals surface area (Å²) in [5.41, 5.74) is 9.42. The predicted molar refractivity (Wildman–Crippen MR) is 68.8 cm³/mol. The molecule has 1 aliphatic carbocycles. The van der Waals surface area contributed by atoms with Crippen LogP contribution in [-0.2, 0) is 6.54 Å². The van der Waals surface area contributed by atoms with Crippen LogP contribution in [0.25, 0.3) is 11.0 Å². The van der Waals surface area contributed by atoms with Crippen molar-refractivity contribution in [2.45, 2.75) is 39.7 Å². The zero-order valence-corrected chi connectivity index (χ0v) is 10.4. The lowest BCUT2D eigenvalue weighted by atomic mass is 10.2. The highest BCUT2D eigenvalue weighted by atomic mass is 15.1. The molecule has 2 N–H and O–H groups in total. The van der Waals surface area contributed by atoms with E-state index in [9.17, 15) is 0 Å². The summed E-state index contributed by atoms with van der Waals surface area (Å²) in [4.78, 5) is 8.48. The number of nitrogen functional groups attached to an aromatic ring is 1. The number of rotatable bonds is 3. The molecular weight excluding hydrogens is 212 g/mol. The van der Waals surface area contributed by atoms with E-state index in [0.717, 1.165) is 23.5 Å². The molecule has 1 saturated carbocycles. The fourth-order valence-corrected chi connectivity index (χ4v) is 2.49. The van der Waals surface area contributed by atoms with Gasteiger partial charge >= 0.3 is 0 Å². The minimum atomic E-state index is 0.598. The highest BCUT2D eigenvalue weighted by Crippen LogP contribution is 2.34. The summed E-state index contributed by atoms with van der Waals surface area (Å²) in [6.45, 7) is 5.30. The van der Waals surface area contributed by atoms with E-state index < -0.39 is 0 Å². The standard InChI is InChI=1S/C13H18N4/c1-8-9(2)17(6-5-10-3-4-10)13-11(8)12(14)15-7-16-13/h7,10H,3-6H2,1-2H3,(H2,14,15,16). The number of nitrogens with two attached hydrogens (primary N) is 1. The summed E-state index contributed by atoms with van der Waals surface area (Å²) in [6.07, 6.45) is 5.61. The molecule has 4 nitrogen and oxygen atoms in total. The van der Waals surface area contributed by atoms with Gasteiger partial charge in [-0.05, 0) is 31.7 Å². The smallest absolute Gasteiger partial charge is 0.145 e. The number of aromatic nitrogens is 3. The third-order valence-electron chi connectivity index (χ3n) is 3.89. The van der Waals surface area contributed by atoms with Gasteiger partial charge in [-0.3, -0.25) is 0 Å². The maximum Gasteiger partial charge on any atom is 0.145 e. The van der Waals surface area contributed by atoms with E-state index in [-0.39, 0.29) is 0 Å². The zero-order valence-electron chi connectivity index (χ0n) is 10.4. The van der Waals surface area contributed by atoms with E-state index in [0.29, 0.717) is 5.82 Å². The minimum Gasteiger partial charge on any atom is -0.383 e. The topological polar surface area (TPSA) is 56.7 Å². The molecule has 0 spiro atoms. The lowest BCUT2D eigenvalue weighted by Crippen LogP contribution is -2.02. The Morgan fingerprint density at radius 2 is 2.12 bits per heavy atom. The average molecular weight is 230 g/mol. The Kier molecular flexibility index (Phi) is 2.31. The highest BCUT2D eigenvalue weighted by Gasteiger charge is 2.22. The first kappa shape index (κ1) is 10.6. The molecule has 0 radical (unpaired) electrons. The summed E-state index contributed by atoms with van der Waals surface area (Å²) in [6, 6.07) is 0. The van der Waals surface area contributed by atoms with Crippen molar-refractivity contribution in [3.8, 4) is 0 Å². The molecule has 2 aromatic heterocycles. The molecule has 0 aromatic carbocycles.